The number of carbonyl (C=O) groups excluding carboxylic acids is 1. The molecule has 1 N–H and O–H groups in total. The van der Waals surface area contributed by atoms with Crippen molar-refractivity contribution in [1.82, 2.24) is 5.32 Å². The second-order valence-electron chi connectivity index (χ2n) is 8.00. The summed E-state index contributed by atoms with van der Waals surface area (Å²) < 4.78 is 0. The fraction of sp³-hybridized carbons (Fsp3) is 0.941. The minimum atomic E-state index is 0.307. The van der Waals surface area contributed by atoms with Crippen molar-refractivity contribution in [1.29, 1.82) is 0 Å². The molecule has 4 saturated carbocycles. The van der Waals surface area contributed by atoms with Gasteiger partial charge in [-0.25, -0.2) is 0 Å². The Labute approximate surface area is 116 Å². The molecule has 4 bridgehead atoms. The Morgan fingerprint density at radius 1 is 1.00 bits per heavy atom. The zero-order valence-corrected chi connectivity index (χ0v) is 11.9. The summed E-state index contributed by atoms with van der Waals surface area (Å²) in [5.41, 5.74) is 0.394. The summed E-state index contributed by atoms with van der Waals surface area (Å²) in [6, 6.07) is 0.488. The standard InChI is InChI=1S/C17H27NO/c19-11-15(16-3-1-2-4-18-16)17-8-12-5-13(9-17)7-14(6-12)10-17/h11-16,18H,1-10H2. The molecular weight excluding hydrogens is 234 g/mol. The summed E-state index contributed by atoms with van der Waals surface area (Å²) in [6.07, 6.45) is 13.7. The Morgan fingerprint density at radius 3 is 2.11 bits per heavy atom. The van der Waals surface area contributed by atoms with E-state index in [-0.39, 0.29) is 0 Å². The molecule has 4 aliphatic carbocycles. The Bertz CT molecular complexity index is 323. The van der Waals surface area contributed by atoms with Gasteiger partial charge in [0, 0.05) is 12.0 Å². The monoisotopic (exact) mass is 261 g/mol. The van der Waals surface area contributed by atoms with Gasteiger partial charge in [-0.05, 0) is 81.1 Å². The highest BCUT2D eigenvalue weighted by Crippen LogP contribution is 2.63. The van der Waals surface area contributed by atoms with Crippen molar-refractivity contribution in [3.8, 4) is 0 Å². The zero-order valence-electron chi connectivity index (χ0n) is 11.9. The van der Waals surface area contributed by atoms with Gasteiger partial charge in [-0.3, -0.25) is 0 Å². The molecular formula is C17H27NO. The maximum Gasteiger partial charge on any atom is 0.125 e. The second-order valence-corrected chi connectivity index (χ2v) is 8.00. The van der Waals surface area contributed by atoms with Gasteiger partial charge in [0.2, 0.25) is 0 Å². The number of hydrogen-bond acceptors (Lipinski definition) is 2. The van der Waals surface area contributed by atoms with Crippen LogP contribution in [0.15, 0.2) is 0 Å². The molecule has 1 saturated heterocycles. The predicted octanol–water partition coefficient (Wildman–Crippen LogP) is 3.16. The van der Waals surface area contributed by atoms with Crippen molar-refractivity contribution in [3.05, 3.63) is 0 Å². The van der Waals surface area contributed by atoms with Crippen molar-refractivity contribution < 1.29 is 4.79 Å². The first-order valence-corrected chi connectivity index (χ1v) is 8.48. The van der Waals surface area contributed by atoms with E-state index < -0.39 is 0 Å². The van der Waals surface area contributed by atoms with Crippen LogP contribution in [0.25, 0.3) is 0 Å². The highest BCUT2D eigenvalue weighted by atomic mass is 16.1. The van der Waals surface area contributed by atoms with Gasteiger partial charge in [0.05, 0.1) is 0 Å². The van der Waals surface area contributed by atoms with Crippen LogP contribution in [-0.4, -0.2) is 18.9 Å². The van der Waals surface area contributed by atoms with Crippen LogP contribution in [-0.2, 0) is 4.79 Å². The second kappa shape index (κ2) is 4.58. The van der Waals surface area contributed by atoms with Crippen molar-refractivity contribution >= 4 is 6.29 Å². The normalized spacial score (nSPS) is 50.1. The molecule has 0 spiro atoms. The van der Waals surface area contributed by atoms with Crippen molar-refractivity contribution in [2.75, 3.05) is 6.54 Å². The summed E-state index contributed by atoms with van der Waals surface area (Å²) in [5.74, 6) is 3.17. The van der Waals surface area contributed by atoms with Crippen molar-refractivity contribution in [2.24, 2.45) is 29.1 Å². The molecule has 0 amide bonds. The number of aldehydes is 1. The van der Waals surface area contributed by atoms with E-state index in [1.54, 1.807) is 0 Å². The van der Waals surface area contributed by atoms with Gasteiger partial charge < -0.3 is 10.1 Å². The van der Waals surface area contributed by atoms with E-state index in [1.165, 1.54) is 64.1 Å². The lowest BCUT2D eigenvalue weighted by molar-refractivity contribution is -0.131. The molecule has 2 atom stereocenters. The molecule has 1 aliphatic heterocycles. The molecule has 2 nitrogen and oxygen atoms in total. The molecule has 106 valence electrons. The van der Waals surface area contributed by atoms with Crippen LogP contribution in [0.5, 0.6) is 0 Å². The van der Waals surface area contributed by atoms with Crippen LogP contribution < -0.4 is 5.32 Å². The van der Waals surface area contributed by atoms with Gasteiger partial charge in [0.1, 0.15) is 6.29 Å². The van der Waals surface area contributed by atoms with Gasteiger partial charge in [0.15, 0.2) is 0 Å². The molecule has 2 heteroatoms. The summed E-state index contributed by atoms with van der Waals surface area (Å²) in [7, 11) is 0. The van der Waals surface area contributed by atoms with E-state index in [4.69, 9.17) is 0 Å². The molecule has 5 aliphatic rings. The van der Waals surface area contributed by atoms with Gasteiger partial charge in [-0.15, -0.1) is 0 Å². The fourth-order valence-corrected chi connectivity index (χ4v) is 6.44. The summed E-state index contributed by atoms with van der Waals surface area (Å²) in [6.45, 7) is 1.13. The van der Waals surface area contributed by atoms with E-state index in [1.807, 2.05) is 0 Å². The number of carbonyl (C=O) groups is 1. The highest BCUT2D eigenvalue weighted by Gasteiger charge is 2.55. The van der Waals surface area contributed by atoms with Crippen LogP contribution >= 0.6 is 0 Å². The summed E-state index contributed by atoms with van der Waals surface area (Å²) in [4.78, 5) is 11.9. The predicted molar refractivity (Wildman–Crippen MR) is 75.8 cm³/mol. The van der Waals surface area contributed by atoms with Crippen molar-refractivity contribution in [2.45, 2.75) is 63.8 Å². The van der Waals surface area contributed by atoms with Crippen LogP contribution in [0.3, 0.4) is 0 Å². The Balaban J connectivity index is 1.60. The third kappa shape index (κ3) is 1.98. The average Bonchev–Trinajstić information content (AvgIpc) is 2.38. The van der Waals surface area contributed by atoms with Crippen molar-refractivity contribution in [3.63, 3.8) is 0 Å². The Hall–Kier alpha value is -0.370. The quantitative estimate of drug-likeness (QED) is 0.791. The molecule has 0 aromatic rings. The molecule has 19 heavy (non-hydrogen) atoms. The lowest BCUT2D eigenvalue weighted by Gasteiger charge is -2.60. The maximum absolute atomic E-state index is 11.9. The first-order valence-electron chi connectivity index (χ1n) is 8.48. The minimum Gasteiger partial charge on any atom is -0.313 e. The Kier molecular flexibility index (Phi) is 2.98. The number of nitrogens with one attached hydrogen (secondary N) is 1. The molecule has 0 radical (unpaired) electrons. The Morgan fingerprint density at radius 2 is 1.63 bits per heavy atom. The van der Waals surface area contributed by atoms with E-state index in [0.717, 1.165) is 24.3 Å². The molecule has 2 unspecified atom stereocenters. The number of rotatable bonds is 3. The molecule has 1 heterocycles. The molecule has 5 fully saturated rings. The van der Waals surface area contributed by atoms with E-state index in [9.17, 15) is 4.79 Å². The van der Waals surface area contributed by atoms with Crippen LogP contribution in [0.4, 0.5) is 0 Å². The summed E-state index contributed by atoms with van der Waals surface area (Å²) >= 11 is 0. The van der Waals surface area contributed by atoms with Gasteiger partial charge >= 0.3 is 0 Å². The number of hydrogen-bond donors (Lipinski definition) is 1. The third-order valence-electron chi connectivity index (χ3n) is 6.72. The van der Waals surface area contributed by atoms with E-state index >= 15 is 0 Å². The van der Waals surface area contributed by atoms with E-state index in [0.29, 0.717) is 17.4 Å². The third-order valence-corrected chi connectivity index (χ3v) is 6.72. The topological polar surface area (TPSA) is 29.1 Å². The molecule has 5 rings (SSSR count). The van der Waals surface area contributed by atoms with Crippen LogP contribution in [0.2, 0.25) is 0 Å². The van der Waals surface area contributed by atoms with Gasteiger partial charge in [-0.1, -0.05) is 6.42 Å². The fourth-order valence-electron chi connectivity index (χ4n) is 6.44. The van der Waals surface area contributed by atoms with Gasteiger partial charge in [-0.2, -0.15) is 0 Å². The zero-order chi connectivity index (χ0) is 12.9. The number of piperidine rings is 1. The highest BCUT2D eigenvalue weighted by molar-refractivity contribution is 5.57. The minimum absolute atomic E-state index is 0.307. The summed E-state index contributed by atoms with van der Waals surface area (Å²) in [5, 5.41) is 3.66. The SMILES string of the molecule is O=CC(C1CCCCN1)C12CC3CC(CC(C3)C1)C2. The maximum atomic E-state index is 11.9. The van der Waals surface area contributed by atoms with Gasteiger partial charge in [0.25, 0.3) is 0 Å². The smallest absolute Gasteiger partial charge is 0.125 e. The lowest BCUT2D eigenvalue weighted by Crippen LogP contribution is -2.55. The molecule has 0 aromatic carbocycles. The average molecular weight is 261 g/mol. The first-order chi connectivity index (χ1) is 9.29. The lowest BCUT2D eigenvalue weighted by atomic mass is 9.45. The van der Waals surface area contributed by atoms with Crippen LogP contribution in [0.1, 0.15) is 57.8 Å². The van der Waals surface area contributed by atoms with E-state index in [2.05, 4.69) is 5.32 Å². The largest absolute Gasteiger partial charge is 0.313 e. The molecule has 0 aromatic heterocycles. The van der Waals surface area contributed by atoms with Crippen LogP contribution in [0, 0.1) is 29.1 Å². The first kappa shape index (κ1) is 12.4.